The number of nitrogens with zero attached hydrogens (tertiary/aromatic N) is 1. The van der Waals surface area contributed by atoms with Crippen molar-refractivity contribution in [2.45, 2.75) is 13.3 Å². The molecule has 0 radical (unpaired) electrons. The van der Waals surface area contributed by atoms with Crippen molar-refractivity contribution < 1.29 is 0 Å². The molecule has 0 spiro atoms. The van der Waals surface area contributed by atoms with E-state index in [2.05, 4.69) is 58.7 Å². The number of benzene rings is 1. The van der Waals surface area contributed by atoms with Crippen molar-refractivity contribution in [3.8, 4) is 0 Å². The van der Waals surface area contributed by atoms with Gasteiger partial charge in [-0.1, -0.05) is 22.9 Å². The van der Waals surface area contributed by atoms with Crippen LogP contribution in [-0.2, 0) is 13.5 Å². The summed E-state index contributed by atoms with van der Waals surface area (Å²) in [5.41, 5.74) is 2.69. The van der Waals surface area contributed by atoms with Crippen molar-refractivity contribution >= 4 is 26.8 Å². The van der Waals surface area contributed by atoms with E-state index in [0.717, 1.165) is 10.9 Å². The third-order valence-corrected chi connectivity index (χ3v) is 2.96. The maximum atomic E-state index is 3.48. The minimum atomic E-state index is 1.09. The van der Waals surface area contributed by atoms with E-state index >= 15 is 0 Å². The molecule has 0 saturated heterocycles. The summed E-state index contributed by atoms with van der Waals surface area (Å²) in [7, 11) is 2.12. The average Bonchev–Trinajstić information content (AvgIpc) is 2.42. The van der Waals surface area contributed by atoms with Gasteiger partial charge in [0.2, 0.25) is 0 Å². The fourth-order valence-corrected chi connectivity index (χ4v) is 2.10. The van der Waals surface area contributed by atoms with Gasteiger partial charge in [-0.25, -0.2) is 0 Å². The first-order valence-corrected chi connectivity index (χ1v) is 5.25. The first-order valence-electron chi connectivity index (χ1n) is 4.46. The molecule has 1 heterocycles. The van der Waals surface area contributed by atoms with Crippen LogP contribution in [0.1, 0.15) is 12.6 Å². The molecule has 1 nitrogen and oxygen atoms in total. The molecule has 0 unspecified atom stereocenters. The minimum absolute atomic E-state index is 1.09. The third-order valence-electron chi connectivity index (χ3n) is 2.47. The first kappa shape index (κ1) is 8.82. The molecular formula is C11H12BrN. The molecule has 2 heteroatoms. The van der Waals surface area contributed by atoms with Crippen LogP contribution in [0, 0.1) is 0 Å². The summed E-state index contributed by atoms with van der Waals surface area (Å²) in [5.74, 6) is 0. The lowest BCUT2D eigenvalue weighted by atomic mass is 10.2. The van der Waals surface area contributed by atoms with E-state index in [-0.39, 0.29) is 0 Å². The van der Waals surface area contributed by atoms with Gasteiger partial charge in [0.25, 0.3) is 0 Å². The zero-order valence-electron chi connectivity index (χ0n) is 7.84. The topological polar surface area (TPSA) is 4.93 Å². The van der Waals surface area contributed by atoms with Gasteiger partial charge in [0.05, 0.1) is 0 Å². The number of aromatic nitrogens is 1. The Morgan fingerprint density at radius 2 is 2.08 bits per heavy atom. The molecule has 0 bridgehead atoms. The molecule has 13 heavy (non-hydrogen) atoms. The van der Waals surface area contributed by atoms with E-state index in [0.29, 0.717) is 0 Å². The van der Waals surface area contributed by atoms with Crippen LogP contribution in [0.5, 0.6) is 0 Å². The highest BCUT2D eigenvalue weighted by molar-refractivity contribution is 9.10. The molecule has 1 aromatic heterocycles. The molecule has 0 saturated carbocycles. The summed E-state index contributed by atoms with van der Waals surface area (Å²) in [6.45, 7) is 2.18. The smallest absolute Gasteiger partial charge is 0.0480 e. The summed E-state index contributed by atoms with van der Waals surface area (Å²) >= 11 is 3.48. The highest BCUT2D eigenvalue weighted by Crippen LogP contribution is 2.22. The fraction of sp³-hybridized carbons (Fsp3) is 0.273. The third kappa shape index (κ3) is 1.39. The van der Waals surface area contributed by atoms with Crippen LogP contribution in [0.25, 0.3) is 10.9 Å². The van der Waals surface area contributed by atoms with Gasteiger partial charge in [-0.3, -0.25) is 0 Å². The lowest BCUT2D eigenvalue weighted by Crippen LogP contribution is -1.92. The largest absolute Gasteiger partial charge is 0.348 e. The molecule has 0 N–H and O–H groups in total. The van der Waals surface area contributed by atoms with Crippen molar-refractivity contribution in [1.82, 2.24) is 4.57 Å². The van der Waals surface area contributed by atoms with Gasteiger partial charge in [0, 0.05) is 28.1 Å². The van der Waals surface area contributed by atoms with Crippen LogP contribution in [0.2, 0.25) is 0 Å². The van der Waals surface area contributed by atoms with Gasteiger partial charge >= 0.3 is 0 Å². The van der Waals surface area contributed by atoms with E-state index < -0.39 is 0 Å². The van der Waals surface area contributed by atoms with Crippen LogP contribution in [-0.4, -0.2) is 4.57 Å². The Morgan fingerprint density at radius 1 is 1.31 bits per heavy atom. The predicted molar refractivity (Wildman–Crippen MR) is 60.0 cm³/mol. The van der Waals surface area contributed by atoms with E-state index in [1.807, 2.05) is 0 Å². The van der Waals surface area contributed by atoms with Gasteiger partial charge in [-0.2, -0.15) is 0 Å². The molecule has 1 aromatic carbocycles. The highest BCUT2D eigenvalue weighted by Gasteiger charge is 2.03. The number of rotatable bonds is 1. The second-order valence-corrected chi connectivity index (χ2v) is 4.17. The molecular weight excluding hydrogens is 226 g/mol. The Hall–Kier alpha value is -0.760. The maximum Gasteiger partial charge on any atom is 0.0480 e. The Morgan fingerprint density at radius 3 is 2.77 bits per heavy atom. The second kappa shape index (κ2) is 3.18. The molecule has 2 rings (SSSR count). The number of hydrogen-bond acceptors (Lipinski definition) is 0. The van der Waals surface area contributed by atoms with Crippen LogP contribution in [0.4, 0.5) is 0 Å². The van der Waals surface area contributed by atoms with E-state index in [4.69, 9.17) is 0 Å². The van der Waals surface area contributed by atoms with Crippen molar-refractivity contribution in [2.24, 2.45) is 7.05 Å². The van der Waals surface area contributed by atoms with Gasteiger partial charge < -0.3 is 4.57 Å². The standard InChI is InChI=1S/C11H12BrN/c1-3-10-7-8-6-9(12)4-5-11(8)13(10)2/h4-7H,3H2,1-2H3. The van der Waals surface area contributed by atoms with Crippen molar-refractivity contribution in [3.05, 3.63) is 34.4 Å². The number of aryl methyl sites for hydroxylation is 2. The lowest BCUT2D eigenvalue weighted by molar-refractivity contribution is 0.865. The van der Waals surface area contributed by atoms with Crippen LogP contribution >= 0.6 is 15.9 Å². The highest BCUT2D eigenvalue weighted by atomic mass is 79.9. The SMILES string of the molecule is CCc1cc2cc(Br)ccc2n1C. The molecule has 0 aliphatic carbocycles. The second-order valence-electron chi connectivity index (χ2n) is 3.25. The lowest BCUT2D eigenvalue weighted by Gasteiger charge is -1.99. The predicted octanol–water partition coefficient (Wildman–Crippen LogP) is 3.50. The van der Waals surface area contributed by atoms with Crippen molar-refractivity contribution in [3.63, 3.8) is 0 Å². The molecule has 0 aliphatic heterocycles. The van der Waals surface area contributed by atoms with E-state index in [1.165, 1.54) is 16.6 Å². The summed E-state index contributed by atoms with van der Waals surface area (Å²) in [6.07, 6.45) is 1.09. The zero-order chi connectivity index (χ0) is 9.42. The molecule has 0 atom stereocenters. The van der Waals surface area contributed by atoms with Gasteiger partial charge in [0.15, 0.2) is 0 Å². The minimum Gasteiger partial charge on any atom is -0.348 e. The Kier molecular flexibility index (Phi) is 2.16. The van der Waals surface area contributed by atoms with Crippen molar-refractivity contribution in [2.75, 3.05) is 0 Å². The van der Waals surface area contributed by atoms with E-state index in [9.17, 15) is 0 Å². The van der Waals surface area contributed by atoms with Crippen LogP contribution in [0.3, 0.4) is 0 Å². The maximum absolute atomic E-state index is 3.48. The Bertz CT molecular complexity index is 443. The molecule has 68 valence electrons. The van der Waals surface area contributed by atoms with Gasteiger partial charge in [0.1, 0.15) is 0 Å². The summed E-state index contributed by atoms with van der Waals surface area (Å²) in [6, 6.07) is 8.65. The van der Waals surface area contributed by atoms with Gasteiger partial charge in [-0.05, 0) is 30.7 Å². The fourth-order valence-electron chi connectivity index (χ4n) is 1.72. The molecule has 0 aliphatic rings. The molecule has 0 amide bonds. The first-order chi connectivity index (χ1) is 6.22. The normalized spacial score (nSPS) is 11.0. The number of fused-ring (bicyclic) bond motifs is 1. The summed E-state index contributed by atoms with van der Waals surface area (Å²) < 4.78 is 3.40. The number of hydrogen-bond donors (Lipinski definition) is 0. The zero-order valence-corrected chi connectivity index (χ0v) is 9.43. The monoisotopic (exact) mass is 237 g/mol. The van der Waals surface area contributed by atoms with Crippen LogP contribution < -0.4 is 0 Å². The number of halogens is 1. The van der Waals surface area contributed by atoms with Gasteiger partial charge in [-0.15, -0.1) is 0 Å². The molecule has 2 aromatic rings. The molecule has 0 fully saturated rings. The van der Waals surface area contributed by atoms with Crippen LogP contribution in [0.15, 0.2) is 28.7 Å². The van der Waals surface area contributed by atoms with E-state index in [1.54, 1.807) is 0 Å². The van der Waals surface area contributed by atoms with Crippen molar-refractivity contribution in [1.29, 1.82) is 0 Å². The Labute approximate surface area is 86.5 Å². The summed E-state index contributed by atoms with van der Waals surface area (Å²) in [5, 5.41) is 1.31. The quantitative estimate of drug-likeness (QED) is 0.716. The summed E-state index contributed by atoms with van der Waals surface area (Å²) in [4.78, 5) is 0. The average molecular weight is 238 g/mol. The Balaban J connectivity index is 2.76.